The van der Waals surface area contributed by atoms with Crippen molar-refractivity contribution in [1.29, 1.82) is 0 Å². The van der Waals surface area contributed by atoms with Crippen molar-refractivity contribution < 1.29 is 42.6 Å². The first-order valence-corrected chi connectivity index (χ1v) is 19.2. The molecule has 0 fully saturated rings. The molecule has 0 saturated carbocycles. The minimum Gasteiger partial charge on any atom is -0.462 e. The Hall–Kier alpha value is -3.72. The molecule has 0 N–H and O–H groups in total. The molecule has 1 unspecified atom stereocenters. The van der Waals surface area contributed by atoms with E-state index in [9.17, 15) is 9.00 Å². The Labute approximate surface area is 274 Å². The normalized spacial score (nSPS) is 12.0. The number of carbonyl (C=O) groups excluding carboxylic acids is 1. The van der Waals surface area contributed by atoms with Gasteiger partial charge in [-0.25, -0.2) is 23.4 Å². The number of carbonyl (C=O) groups is 1. The lowest BCUT2D eigenvalue weighted by Crippen LogP contribution is -2.68. The van der Waals surface area contributed by atoms with E-state index in [1.165, 1.54) is 21.2 Å². The van der Waals surface area contributed by atoms with E-state index in [0.717, 1.165) is 24.0 Å². The zero-order valence-corrected chi connectivity index (χ0v) is 27.7. The van der Waals surface area contributed by atoms with E-state index in [0.29, 0.717) is 17.9 Å². The van der Waals surface area contributed by atoms with Crippen LogP contribution >= 0.6 is 7.26 Å². The number of hydrogen-bond donors (Lipinski definition) is 0. The van der Waals surface area contributed by atoms with Crippen LogP contribution in [0.3, 0.4) is 0 Å². The van der Waals surface area contributed by atoms with E-state index in [4.69, 9.17) is 23.4 Å². The second-order valence-electron chi connectivity index (χ2n) is 10.3. The third kappa shape index (κ3) is 9.64. The second-order valence-corrected chi connectivity index (χ2v) is 16.0. The molecule has 0 radical (unpaired) electrons. The van der Waals surface area contributed by atoms with Crippen LogP contribution in [0.25, 0.3) is 11.1 Å². The summed E-state index contributed by atoms with van der Waals surface area (Å²) in [6.45, 7) is 0.342. The van der Waals surface area contributed by atoms with Crippen LogP contribution in [-0.4, -0.2) is 28.8 Å². The lowest BCUT2D eigenvalue weighted by atomic mass is 10.0. The van der Waals surface area contributed by atoms with Crippen molar-refractivity contribution in [2.24, 2.45) is 0 Å². The van der Waals surface area contributed by atoms with Gasteiger partial charge in [-0.2, -0.15) is 0 Å². The van der Waals surface area contributed by atoms with Gasteiger partial charge in [-0.1, -0.05) is 78.9 Å². The monoisotopic (exact) mass is 676 g/mol. The molecule has 7 nitrogen and oxygen atoms in total. The first-order chi connectivity index (χ1) is 22.1. The minimum atomic E-state index is -4.94. The highest BCUT2D eigenvalue weighted by molar-refractivity contribution is 8.01. The summed E-state index contributed by atoms with van der Waals surface area (Å²) in [5, 5.41) is 5.24. The summed E-state index contributed by atoms with van der Waals surface area (Å²) >= 11 is 0. The van der Waals surface area contributed by atoms with Crippen LogP contribution in [0.4, 0.5) is 0 Å². The molecule has 238 valence electrons. The third-order valence-electron chi connectivity index (χ3n) is 7.20. The van der Waals surface area contributed by atoms with Gasteiger partial charge in [-0.3, -0.25) is 4.21 Å². The number of hydrogen-bond acceptors (Lipinski definition) is 7. The fourth-order valence-corrected chi connectivity index (χ4v) is 10.0. The van der Waals surface area contributed by atoms with E-state index >= 15 is 0 Å². The topological polar surface area (TPSA) is 136 Å². The maximum absolute atomic E-state index is 12.5. The van der Waals surface area contributed by atoms with Crippen LogP contribution in [0.1, 0.15) is 23.2 Å². The molecule has 0 spiro atoms. The number of ether oxygens (including phenoxy) is 1. The average Bonchev–Trinajstić information content (AvgIpc) is 3.06. The molecule has 5 rings (SSSR count). The highest BCUT2D eigenvalue weighted by Gasteiger charge is 2.47. The number of rotatable bonds is 11. The quantitative estimate of drug-likeness (QED) is 0.118. The SMILES string of the molecule is CS(=O)CCCCOC(=O)c1ccc(-c2ccc([P+](c3ccccc3)(c3ccccc3)c3ccccc3)cc2)cc1.[O-][Cl+3]([O-])([O-])[O-]. The Bertz CT molecular complexity index is 1580. The average molecular weight is 677 g/mol. The second kappa shape index (κ2) is 16.7. The predicted molar refractivity (Wildman–Crippen MR) is 175 cm³/mol. The lowest BCUT2D eigenvalue weighted by molar-refractivity contribution is -2.00. The van der Waals surface area contributed by atoms with Crippen molar-refractivity contribution in [3.8, 4) is 11.1 Å². The van der Waals surface area contributed by atoms with E-state index in [1.54, 1.807) is 6.26 Å². The molecule has 0 amide bonds. The van der Waals surface area contributed by atoms with Gasteiger partial charge in [-0.15, -0.1) is 10.2 Å². The Kier molecular flexibility index (Phi) is 12.8. The van der Waals surface area contributed by atoms with Gasteiger partial charge in [0.25, 0.3) is 0 Å². The van der Waals surface area contributed by atoms with Gasteiger partial charge in [0.1, 0.15) is 28.5 Å². The van der Waals surface area contributed by atoms with E-state index < -0.39 is 28.3 Å². The predicted octanol–water partition coefficient (Wildman–Crippen LogP) is 1.53. The summed E-state index contributed by atoms with van der Waals surface area (Å²) in [6.07, 6.45) is 3.19. The molecule has 0 heterocycles. The van der Waals surface area contributed by atoms with Gasteiger partial charge in [0.05, 0.1) is 12.2 Å². The van der Waals surface area contributed by atoms with Crippen LogP contribution in [-0.2, 0) is 15.5 Å². The first-order valence-electron chi connectivity index (χ1n) is 14.4. The molecule has 1 atom stereocenters. The van der Waals surface area contributed by atoms with Crippen molar-refractivity contribution in [1.82, 2.24) is 0 Å². The van der Waals surface area contributed by atoms with E-state index in [1.807, 2.05) is 24.3 Å². The largest absolute Gasteiger partial charge is 0.462 e. The Morgan fingerprint density at radius 3 is 1.37 bits per heavy atom. The number of benzene rings is 5. The van der Waals surface area contributed by atoms with Crippen LogP contribution < -0.4 is 39.9 Å². The fraction of sp³-hybridized carbons (Fsp3) is 0.139. The number of esters is 1. The number of halogens is 1. The van der Waals surface area contributed by atoms with Gasteiger partial charge in [0, 0.05) is 22.8 Å². The zero-order valence-electron chi connectivity index (χ0n) is 25.2. The van der Waals surface area contributed by atoms with Crippen LogP contribution in [0.2, 0.25) is 0 Å². The Morgan fingerprint density at radius 1 is 0.609 bits per heavy atom. The summed E-state index contributed by atoms with van der Waals surface area (Å²) in [6, 6.07) is 49.0. The summed E-state index contributed by atoms with van der Waals surface area (Å²) < 4.78 is 50.6. The Balaban J connectivity index is 0.000000892. The van der Waals surface area contributed by atoms with Gasteiger partial charge in [-0.05, 0) is 84.6 Å². The van der Waals surface area contributed by atoms with Crippen LogP contribution in [0.5, 0.6) is 0 Å². The third-order valence-corrected chi connectivity index (χ3v) is 12.4. The zero-order chi connectivity index (χ0) is 33.0. The molecule has 0 aliphatic rings. The standard InChI is InChI=1S/C36H34O3PS.ClHO4/c1-41(38)28-12-11-27-39-36(37)31-21-19-29(20-22-31)30-23-25-35(26-24-30)40(32-13-5-2-6-14-32,33-15-7-3-8-16-33)34-17-9-4-10-18-34;2-1(3,4)5/h2-10,13-26H,11-12,27-28H2,1H3;(H,2,3,4,5)/q+1;/p-1. The van der Waals surface area contributed by atoms with Crippen molar-refractivity contribution in [3.63, 3.8) is 0 Å². The van der Waals surface area contributed by atoms with Crippen molar-refractivity contribution in [2.75, 3.05) is 18.6 Å². The molecule has 5 aromatic rings. The molecule has 0 bridgehead atoms. The van der Waals surface area contributed by atoms with Crippen molar-refractivity contribution in [2.45, 2.75) is 12.8 Å². The molecule has 5 aromatic carbocycles. The van der Waals surface area contributed by atoms with Gasteiger partial charge in [0.15, 0.2) is 0 Å². The molecule has 0 saturated heterocycles. The molecule has 0 aliphatic heterocycles. The van der Waals surface area contributed by atoms with Crippen LogP contribution in [0.15, 0.2) is 140 Å². The van der Waals surface area contributed by atoms with Gasteiger partial charge < -0.3 is 4.74 Å². The molecule has 46 heavy (non-hydrogen) atoms. The summed E-state index contributed by atoms with van der Waals surface area (Å²) in [5.74, 6) is 0.309. The molecule has 0 aromatic heterocycles. The molecule has 10 heteroatoms. The molecular formula is C36H34ClO7PS. The lowest BCUT2D eigenvalue weighted by Gasteiger charge is -2.27. The van der Waals surface area contributed by atoms with Gasteiger partial charge >= 0.3 is 5.97 Å². The summed E-state index contributed by atoms with van der Waals surface area (Å²) in [4.78, 5) is 12.5. The van der Waals surface area contributed by atoms with Gasteiger partial charge in [0.2, 0.25) is 0 Å². The maximum atomic E-state index is 12.5. The fourth-order valence-electron chi connectivity index (χ4n) is 5.18. The number of unbranched alkanes of at least 4 members (excludes halogenated alkanes) is 1. The summed E-state index contributed by atoms with van der Waals surface area (Å²) in [7, 11) is -7.89. The maximum Gasteiger partial charge on any atom is 0.338 e. The van der Waals surface area contributed by atoms with E-state index in [-0.39, 0.29) is 5.97 Å². The van der Waals surface area contributed by atoms with E-state index in [2.05, 4.69) is 115 Å². The van der Waals surface area contributed by atoms with Crippen molar-refractivity contribution in [3.05, 3.63) is 145 Å². The minimum absolute atomic E-state index is 0.326. The Morgan fingerprint density at radius 2 is 0.978 bits per heavy atom. The van der Waals surface area contributed by atoms with Crippen LogP contribution in [0, 0.1) is 10.2 Å². The molecule has 0 aliphatic carbocycles. The first kappa shape index (κ1) is 35.1. The summed E-state index contributed by atoms with van der Waals surface area (Å²) in [5.41, 5.74) is 2.67. The smallest absolute Gasteiger partial charge is 0.338 e. The van der Waals surface area contributed by atoms with Crippen molar-refractivity contribution >= 4 is 45.2 Å². The highest BCUT2D eigenvalue weighted by Crippen LogP contribution is 2.54. The molecular weight excluding hydrogens is 643 g/mol. The highest BCUT2D eigenvalue weighted by atomic mass is 35.7.